The van der Waals surface area contributed by atoms with E-state index < -0.39 is 124 Å². The summed E-state index contributed by atoms with van der Waals surface area (Å²) in [5.74, 6) is -5.87. The third kappa shape index (κ3) is 18.2. The summed E-state index contributed by atoms with van der Waals surface area (Å²) in [6.45, 7) is 16.2. The molecule has 0 heterocycles. The summed E-state index contributed by atoms with van der Waals surface area (Å²) < 4.78 is 62.6. The van der Waals surface area contributed by atoms with Gasteiger partial charge in [-0.25, -0.2) is 16.8 Å². The van der Waals surface area contributed by atoms with Gasteiger partial charge in [-0.1, -0.05) is 113 Å². The van der Waals surface area contributed by atoms with Crippen molar-refractivity contribution in [3.63, 3.8) is 0 Å². The van der Waals surface area contributed by atoms with E-state index in [0.717, 1.165) is 0 Å². The van der Waals surface area contributed by atoms with E-state index in [4.69, 9.17) is 9.47 Å². The van der Waals surface area contributed by atoms with Crippen LogP contribution >= 0.6 is 0 Å². The molecule has 0 bridgehead atoms. The molecular formula is C58H82N4O12S2. The van der Waals surface area contributed by atoms with Crippen molar-refractivity contribution >= 4 is 43.3 Å². The highest BCUT2D eigenvalue weighted by Gasteiger charge is 2.41. The molecule has 18 heteroatoms. The maximum Gasteiger partial charge on any atom is 0.243 e. The van der Waals surface area contributed by atoms with E-state index in [9.17, 15) is 46.2 Å². The molecular weight excluding hydrogens is 1010 g/mol. The van der Waals surface area contributed by atoms with Crippen LogP contribution in [0.2, 0.25) is 0 Å². The number of methoxy groups -OCH3 is 2. The van der Waals surface area contributed by atoms with Crippen molar-refractivity contribution in [1.29, 1.82) is 0 Å². The van der Waals surface area contributed by atoms with E-state index in [-0.39, 0.29) is 25.7 Å². The van der Waals surface area contributed by atoms with E-state index in [1.165, 1.54) is 14.2 Å². The molecule has 0 radical (unpaired) electrons. The van der Waals surface area contributed by atoms with Crippen molar-refractivity contribution in [2.45, 2.75) is 141 Å². The standard InChI is InChI=1S/C58H82N4O12S2/c1-37(2)49(61-53(65)43(35-75(69,70)57(5,6)7)31-41-23-27-45(73-11)28-24-41)55(67)59-47(33-39-19-15-13-16-20-39)51(63)52(64)48(34-40-21-17-14-18-22-40)60-56(68)50(38(3)4)62-54(66)44(36-76(71,72)58(8,9)10)32-42-25-29-46(74-12)30-26-42/h13-30,37-38,43-44,47-52,63-64H,31-36H2,1-12H3,(H,59,67)(H,60,68)(H,61,65)(H,62,66)/t43-,44-,47+,48+,49+,50+,51-,52-/m1/s1. The number of benzene rings is 4. The number of nitrogens with one attached hydrogen (secondary N) is 4. The number of amides is 4. The van der Waals surface area contributed by atoms with E-state index in [0.29, 0.717) is 33.8 Å². The van der Waals surface area contributed by atoms with E-state index in [1.54, 1.807) is 178 Å². The Hall–Kier alpha value is -5.82. The molecule has 0 aliphatic carbocycles. The van der Waals surface area contributed by atoms with Crippen LogP contribution in [0.4, 0.5) is 0 Å². The van der Waals surface area contributed by atoms with Crippen LogP contribution in [-0.2, 0) is 64.5 Å². The summed E-state index contributed by atoms with van der Waals surface area (Å²) in [7, 11) is -4.63. The number of sulfone groups is 2. The molecule has 4 rings (SSSR count). The topological polar surface area (TPSA) is 244 Å². The van der Waals surface area contributed by atoms with Crippen molar-refractivity contribution in [1.82, 2.24) is 21.3 Å². The van der Waals surface area contributed by atoms with Gasteiger partial charge in [-0.15, -0.1) is 0 Å². The molecule has 0 saturated heterocycles. The third-order valence-electron chi connectivity index (χ3n) is 13.7. The van der Waals surface area contributed by atoms with E-state index in [1.807, 2.05) is 0 Å². The van der Waals surface area contributed by atoms with Crippen LogP contribution in [0.5, 0.6) is 11.5 Å². The van der Waals surface area contributed by atoms with Gasteiger partial charge in [0.05, 0.1) is 59.1 Å². The van der Waals surface area contributed by atoms with Crippen molar-refractivity contribution in [2.24, 2.45) is 23.7 Å². The zero-order valence-corrected chi connectivity index (χ0v) is 47.8. The number of aliphatic hydroxyl groups excluding tert-OH is 2. The summed E-state index contributed by atoms with van der Waals surface area (Å²) in [6, 6.07) is 26.8. The highest BCUT2D eigenvalue weighted by Crippen LogP contribution is 2.26. The average Bonchev–Trinajstić information content (AvgIpc) is 3.35. The highest BCUT2D eigenvalue weighted by molar-refractivity contribution is 7.93. The van der Waals surface area contributed by atoms with Crippen LogP contribution in [0.25, 0.3) is 0 Å². The van der Waals surface area contributed by atoms with Crippen molar-refractivity contribution in [3.8, 4) is 11.5 Å². The predicted octanol–water partition coefficient (Wildman–Crippen LogP) is 5.61. The first-order chi connectivity index (χ1) is 35.5. The lowest BCUT2D eigenvalue weighted by molar-refractivity contribution is -0.134. The normalized spacial score (nSPS) is 15.5. The number of aliphatic hydroxyl groups is 2. The molecule has 0 fully saturated rings. The van der Waals surface area contributed by atoms with Gasteiger partial charge in [-0.2, -0.15) is 0 Å². The fourth-order valence-electron chi connectivity index (χ4n) is 8.46. The number of hydrogen-bond donors (Lipinski definition) is 6. The minimum Gasteiger partial charge on any atom is -0.497 e. The Kier molecular flexibility index (Phi) is 22.7. The number of ether oxygens (including phenoxy) is 2. The third-order valence-corrected chi connectivity index (χ3v) is 19.1. The molecule has 4 amide bonds. The molecule has 0 saturated carbocycles. The number of hydrogen-bond acceptors (Lipinski definition) is 12. The van der Waals surface area contributed by atoms with Gasteiger partial charge in [0.1, 0.15) is 35.8 Å². The fourth-order valence-corrected chi connectivity index (χ4v) is 11.1. The second-order valence-electron chi connectivity index (χ2n) is 22.3. The van der Waals surface area contributed by atoms with Crippen molar-refractivity contribution < 1.29 is 55.7 Å². The average molecular weight is 1090 g/mol. The van der Waals surface area contributed by atoms with Gasteiger partial charge < -0.3 is 41.0 Å². The van der Waals surface area contributed by atoms with Crippen LogP contribution in [-0.4, -0.2) is 122 Å². The predicted molar refractivity (Wildman–Crippen MR) is 297 cm³/mol. The molecule has 16 nitrogen and oxygen atoms in total. The van der Waals surface area contributed by atoms with Crippen LogP contribution in [0.15, 0.2) is 109 Å². The van der Waals surface area contributed by atoms with Gasteiger partial charge in [0.15, 0.2) is 19.7 Å². The Morgan fingerprint density at radius 2 is 0.737 bits per heavy atom. The van der Waals surface area contributed by atoms with Crippen LogP contribution in [0.3, 0.4) is 0 Å². The van der Waals surface area contributed by atoms with Gasteiger partial charge in [-0.05, 0) is 126 Å². The maximum atomic E-state index is 14.6. The van der Waals surface area contributed by atoms with E-state index >= 15 is 0 Å². The number of carbonyl (C=O) groups is 4. The zero-order valence-electron chi connectivity index (χ0n) is 46.2. The summed E-state index contributed by atoms with van der Waals surface area (Å²) in [4.78, 5) is 57.8. The second-order valence-corrected chi connectivity index (χ2v) is 27.9. The molecule has 8 atom stereocenters. The second kappa shape index (κ2) is 27.5. The van der Waals surface area contributed by atoms with Crippen LogP contribution in [0, 0.1) is 23.7 Å². The lowest BCUT2D eigenvalue weighted by Crippen LogP contribution is -2.62. The Balaban J connectivity index is 1.67. The zero-order chi connectivity index (χ0) is 56.8. The summed E-state index contributed by atoms with van der Waals surface area (Å²) in [6.07, 6.45) is -3.44. The maximum absolute atomic E-state index is 14.6. The first-order valence-corrected chi connectivity index (χ1v) is 29.1. The molecule has 0 aliphatic rings. The fraction of sp³-hybridized carbons (Fsp3) is 0.517. The first kappa shape index (κ1) is 62.7. The van der Waals surface area contributed by atoms with Crippen molar-refractivity contribution in [2.75, 3.05) is 25.7 Å². The summed E-state index contributed by atoms with van der Waals surface area (Å²) >= 11 is 0. The molecule has 0 aromatic heterocycles. The molecule has 76 heavy (non-hydrogen) atoms. The Morgan fingerprint density at radius 1 is 0.447 bits per heavy atom. The molecule has 418 valence electrons. The van der Waals surface area contributed by atoms with Gasteiger partial charge in [0, 0.05) is 0 Å². The van der Waals surface area contributed by atoms with Gasteiger partial charge in [0.25, 0.3) is 0 Å². The van der Waals surface area contributed by atoms with Crippen LogP contribution < -0.4 is 30.7 Å². The highest BCUT2D eigenvalue weighted by atomic mass is 32.2. The minimum atomic E-state index is -3.83. The lowest BCUT2D eigenvalue weighted by Gasteiger charge is -2.35. The summed E-state index contributed by atoms with van der Waals surface area (Å²) in [5.41, 5.74) is 2.71. The number of carbonyl (C=O) groups excluding carboxylic acids is 4. The molecule has 0 unspecified atom stereocenters. The first-order valence-electron chi connectivity index (χ1n) is 25.8. The lowest BCUT2D eigenvalue weighted by atomic mass is 9.90. The van der Waals surface area contributed by atoms with Gasteiger partial charge in [-0.3, -0.25) is 19.2 Å². The van der Waals surface area contributed by atoms with Gasteiger partial charge >= 0.3 is 0 Å². The molecule has 4 aromatic rings. The Bertz CT molecular complexity index is 2540. The molecule has 6 N–H and O–H groups in total. The van der Waals surface area contributed by atoms with Crippen molar-refractivity contribution in [3.05, 3.63) is 131 Å². The SMILES string of the molecule is COc1ccc(C[C@H](CS(=O)(=O)C(C)(C)C)C(=O)N[C@H](C(=O)N[C@@H](Cc2ccccc2)[C@@H](O)[C@H](O)[C@H](Cc2ccccc2)NC(=O)[C@@H](NC(=O)[C@H](Cc2ccc(OC)cc2)CS(=O)(=O)C(C)(C)C)C(C)C)C(C)C)cc1. The molecule has 0 aliphatic heterocycles. The quantitative estimate of drug-likeness (QED) is 0.0427. The number of rotatable bonds is 27. The molecule has 4 aromatic carbocycles. The Morgan fingerprint density at radius 3 is 1.00 bits per heavy atom. The minimum absolute atomic E-state index is 0.00275. The van der Waals surface area contributed by atoms with E-state index in [2.05, 4.69) is 21.3 Å². The largest absolute Gasteiger partial charge is 0.497 e. The summed E-state index contributed by atoms with van der Waals surface area (Å²) in [5, 5.41) is 36.1. The monoisotopic (exact) mass is 1090 g/mol. The van der Waals surface area contributed by atoms with Gasteiger partial charge in [0.2, 0.25) is 23.6 Å². The Labute approximate surface area is 451 Å². The smallest absolute Gasteiger partial charge is 0.243 e. The van der Waals surface area contributed by atoms with Crippen LogP contribution in [0.1, 0.15) is 91.5 Å². The molecule has 0 spiro atoms.